The molecule has 4 heteroatoms. The minimum absolute atomic E-state index is 0.568. The molecule has 0 saturated carbocycles. The van der Waals surface area contributed by atoms with E-state index in [1.165, 1.54) is 16.6 Å². The molecule has 0 aliphatic carbocycles. The number of fused-ring (bicyclic) bond motifs is 1. The lowest BCUT2D eigenvalue weighted by Crippen LogP contribution is -2.13. The molecular formula is C16H20N4. The Morgan fingerprint density at radius 2 is 2.00 bits per heavy atom. The van der Waals surface area contributed by atoms with E-state index in [4.69, 9.17) is 0 Å². The molecule has 3 rings (SSSR count). The van der Waals surface area contributed by atoms with Crippen LogP contribution in [-0.4, -0.2) is 19.3 Å². The molecule has 0 aliphatic heterocycles. The average Bonchev–Trinajstić information content (AvgIpc) is 2.95. The van der Waals surface area contributed by atoms with E-state index in [9.17, 15) is 0 Å². The van der Waals surface area contributed by atoms with Gasteiger partial charge in [-0.05, 0) is 30.4 Å². The van der Waals surface area contributed by atoms with Crippen molar-refractivity contribution >= 4 is 10.9 Å². The number of hydrogen-bond acceptors (Lipinski definition) is 2. The number of nitrogens with zero attached hydrogens (tertiary/aromatic N) is 4. The summed E-state index contributed by atoms with van der Waals surface area (Å²) in [5, 5.41) is 5.62. The van der Waals surface area contributed by atoms with E-state index >= 15 is 0 Å². The Balaban J connectivity index is 1.97. The van der Waals surface area contributed by atoms with Crippen LogP contribution in [-0.2, 0) is 13.1 Å². The highest BCUT2D eigenvalue weighted by Gasteiger charge is 2.10. The lowest BCUT2D eigenvalue weighted by molar-refractivity contribution is 0.461. The second-order valence-corrected chi connectivity index (χ2v) is 5.68. The first-order chi connectivity index (χ1) is 9.65. The van der Waals surface area contributed by atoms with Gasteiger partial charge < -0.3 is 4.57 Å². The summed E-state index contributed by atoms with van der Waals surface area (Å²) in [7, 11) is 0. The van der Waals surface area contributed by atoms with Crippen molar-refractivity contribution in [1.82, 2.24) is 19.3 Å². The summed E-state index contributed by atoms with van der Waals surface area (Å²) in [4.78, 5) is 4.42. The van der Waals surface area contributed by atoms with Crippen molar-refractivity contribution in [2.24, 2.45) is 5.92 Å². The monoisotopic (exact) mass is 268 g/mol. The fraction of sp³-hybridized carbons (Fsp3) is 0.375. The Hall–Kier alpha value is -2.10. The van der Waals surface area contributed by atoms with Crippen LogP contribution in [0.1, 0.15) is 25.4 Å². The summed E-state index contributed by atoms with van der Waals surface area (Å²) >= 11 is 0. The lowest BCUT2D eigenvalue weighted by atomic mass is 10.2. The van der Waals surface area contributed by atoms with Gasteiger partial charge in [0.05, 0.1) is 6.54 Å². The maximum Gasteiger partial charge on any atom is 0.146 e. The van der Waals surface area contributed by atoms with Gasteiger partial charge in [0.25, 0.3) is 0 Å². The van der Waals surface area contributed by atoms with Crippen LogP contribution in [0.2, 0.25) is 0 Å². The predicted molar refractivity (Wildman–Crippen MR) is 80.6 cm³/mol. The molecular weight excluding hydrogens is 248 g/mol. The Kier molecular flexibility index (Phi) is 3.30. The predicted octanol–water partition coefficient (Wildman–Crippen LogP) is 3.25. The van der Waals surface area contributed by atoms with Crippen LogP contribution in [0.5, 0.6) is 0 Å². The fourth-order valence-electron chi connectivity index (χ4n) is 2.61. The second kappa shape index (κ2) is 5.12. The summed E-state index contributed by atoms with van der Waals surface area (Å²) in [6.45, 7) is 8.21. The van der Waals surface area contributed by atoms with E-state index in [-0.39, 0.29) is 0 Å². The average molecular weight is 268 g/mol. The zero-order chi connectivity index (χ0) is 14.1. The molecule has 0 aliphatic rings. The van der Waals surface area contributed by atoms with Crippen LogP contribution in [0.4, 0.5) is 0 Å². The SMILES string of the molecule is Cc1cc2ccccc2n1Cc1ncnn1CC(C)C. The van der Waals surface area contributed by atoms with Crippen molar-refractivity contribution in [1.29, 1.82) is 0 Å². The number of benzene rings is 1. The standard InChI is InChI=1S/C16H20N4/c1-12(2)9-20-16(17-11-18-20)10-19-13(3)8-14-6-4-5-7-15(14)19/h4-8,11-12H,9-10H2,1-3H3. The first-order valence-electron chi connectivity index (χ1n) is 7.06. The maximum atomic E-state index is 4.42. The number of rotatable bonds is 4. The summed E-state index contributed by atoms with van der Waals surface area (Å²) < 4.78 is 4.31. The number of aryl methyl sites for hydroxylation is 1. The highest BCUT2D eigenvalue weighted by Crippen LogP contribution is 2.20. The van der Waals surface area contributed by atoms with Gasteiger partial charge in [0.15, 0.2) is 0 Å². The third-order valence-corrected chi connectivity index (χ3v) is 3.55. The van der Waals surface area contributed by atoms with Crippen LogP contribution in [0.25, 0.3) is 10.9 Å². The Labute approximate surface area is 119 Å². The fourth-order valence-corrected chi connectivity index (χ4v) is 2.61. The van der Waals surface area contributed by atoms with Gasteiger partial charge in [-0.15, -0.1) is 0 Å². The Morgan fingerprint density at radius 3 is 2.80 bits per heavy atom. The molecule has 1 aromatic carbocycles. The molecule has 0 unspecified atom stereocenters. The molecule has 0 atom stereocenters. The number of para-hydroxylation sites is 1. The van der Waals surface area contributed by atoms with Gasteiger partial charge in [-0.25, -0.2) is 9.67 Å². The van der Waals surface area contributed by atoms with Crippen LogP contribution >= 0.6 is 0 Å². The summed E-state index contributed by atoms with van der Waals surface area (Å²) in [5.41, 5.74) is 2.51. The zero-order valence-electron chi connectivity index (χ0n) is 12.2. The van der Waals surface area contributed by atoms with E-state index in [1.54, 1.807) is 6.33 Å². The quantitative estimate of drug-likeness (QED) is 0.728. The van der Waals surface area contributed by atoms with Crippen molar-refractivity contribution in [3.63, 3.8) is 0 Å². The minimum Gasteiger partial charge on any atom is -0.337 e. The largest absolute Gasteiger partial charge is 0.337 e. The van der Waals surface area contributed by atoms with Crippen LogP contribution in [0.15, 0.2) is 36.7 Å². The van der Waals surface area contributed by atoms with E-state index in [0.29, 0.717) is 5.92 Å². The van der Waals surface area contributed by atoms with Crippen molar-refractivity contribution < 1.29 is 0 Å². The molecule has 0 fully saturated rings. The van der Waals surface area contributed by atoms with Crippen molar-refractivity contribution in [3.8, 4) is 0 Å². The van der Waals surface area contributed by atoms with Crippen LogP contribution in [0, 0.1) is 12.8 Å². The maximum absolute atomic E-state index is 4.42. The topological polar surface area (TPSA) is 35.6 Å². The molecule has 0 N–H and O–H groups in total. The molecule has 0 saturated heterocycles. The van der Waals surface area contributed by atoms with E-state index in [1.807, 2.05) is 4.68 Å². The highest BCUT2D eigenvalue weighted by atomic mass is 15.3. The molecule has 0 amide bonds. The zero-order valence-corrected chi connectivity index (χ0v) is 12.2. The van der Waals surface area contributed by atoms with Gasteiger partial charge in [0, 0.05) is 17.8 Å². The molecule has 20 heavy (non-hydrogen) atoms. The molecule has 2 aromatic heterocycles. The molecule has 2 heterocycles. The Bertz CT molecular complexity index is 721. The second-order valence-electron chi connectivity index (χ2n) is 5.68. The normalized spacial score (nSPS) is 11.6. The lowest BCUT2D eigenvalue weighted by Gasteiger charge is -2.11. The number of aromatic nitrogens is 4. The molecule has 0 bridgehead atoms. The van der Waals surface area contributed by atoms with Gasteiger partial charge in [-0.3, -0.25) is 0 Å². The third kappa shape index (κ3) is 2.33. The molecule has 0 spiro atoms. The molecule has 0 radical (unpaired) electrons. The van der Waals surface area contributed by atoms with Gasteiger partial charge >= 0.3 is 0 Å². The van der Waals surface area contributed by atoms with Gasteiger partial charge in [-0.1, -0.05) is 32.0 Å². The first-order valence-corrected chi connectivity index (χ1v) is 7.06. The van der Waals surface area contributed by atoms with Crippen molar-refractivity contribution in [2.45, 2.75) is 33.9 Å². The number of hydrogen-bond donors (Lipinski definition) is 0. The molecule has 104 valence electrons. The van der Waals surface area contributed by atoms with E-state index in [2.05, 4.69) is 65.8 Å². The van der Waals surface area contributed by atoms with E-state index in [0.717, 1.165) is 18.9 Å². The van der Waals surface area contributed by atoms with Crippen molar-refractivity contribution in [3.05, 3.63) is 48.2 Å². The van der Waals surface area contributed by atoms with Crippen LogP contribution < -0.4 is 0 Å². The first kappa shape index (κ1) is 12.9. The van der Waals surface area contributed by atoms with E-state index < -0.39 is 0 Å². The third-order valence-electron chi connectivity index (χ3n) is 3.55. The highest BCUT2D eigenvalue weighted by molar-refractivity contribution is 5.81. The van der Waals surface area contributed by atoms with Gasteiger partial charge in [-0.2, -0.15) is 5.10 Å². The summed E-state index contributed by atoms with van der Waals surface area (Å²) in [6, 6.07) is 10.7. The summed E-state index contributed by atoms with van der Waals surface area (Å²) in [5.74, 6) is 1.58. The van der Waals surface area contributed by atoms with Gasteiger partial charge in [0.2, 0.25) is 0 Å². The smallest absolute Gasteiger partial charge is 0.146 e. The van der Waals surface area contributed by atoms with Gasteiger partial charge in [0.1, 0.15) is 12.2 Å². The molecule has 3 aromatic rings. The molecule has 4 nitrogen and oxygen atoms in total. The Morgan fingerprint density at radius 1 is 1.20 bits per heavy atom. The van der Waals surface area contributed by atoms with Crippen molar-refractivity contribution in [2.75, 3.05) is 0 Å². The van der Waals surface area contributed by atoms with Crippen LogP contribution in [0.3, 0.4) is 0 Å². The minimum atomic E-state index is 0.568. The summed E-state index contributed by atoms with van der Waals surface area (Å²) in [6.07, 6.45) is 1.65.